The molecule has 2 aromatic carbocycles. The maximum atomic E-state index is 12.4. The smallest absolute Gasteiger partial charge is 0.262 e. The highest BCUT2D eigenvalue weighted by Gasteiger charge is 2.25. The van der Waals surface area contributed by atoms with Crippen LogP contribution in [-0.2, 0) is 4.79 Å². The summed E-state index contributed by atoms with van der Waals surface area (Å²) in [5.74, 6) is -0.860. The van der Waals surface area contributed by atoms with Crippen molar-refractivity contribution in [3.05, 3.63) is 64.7 Å². The van der Waals surface area contributed by atoms with E-state index in [2.05, 4.69) is 15.8 Å². The van der Waals surface area contributed by atoms with Crippen molar-refractivity contribution in [1.29, 1.82) is 0 Å². The Morgan fingerprint density at radius 1 is 1.12 bits per heavy atom. The molecule has 3 N–H and O–H groups in total. The molecule has 2 amide bonds. The Morgan fingerprint density at radius 2 is 1.77 bits per heavy atom. The first-order valence-corrected chi connectivity index (χ1v) is 8.43. The third kappa shape index (κ3) is 5.32. The molecule has 0 aromatic heterocycles. The second-order valence-corrected chi connectivity index (χ2v) is 6.41. The first-order chi connectivity index (χ1) is 12.4. The molecule has 0 aliphatic rings. The van der Waals surface area contributed by atoms with E-state index in [4.69, 9.17) is 11.6 Å². The minimum absolute atomic E-state index is 0.147. The number of phenolic OH excluding ortho intramolecular Hbond substituents is 1. The Morgan fingerprint density at radius 3 is 2.38 bits per heavy atom. The van der Waals surface area contributed by atoms with E-state index in [1.807, 2.05) is 13.8 Å². The predicted octanol–water partition coefficient (Wildman–Crippen LogP) is 2.95. The van der Waals surface area contributed by atoms with E-state index in [0.29, 0.717) is 16.1 Å². The number of hydrogen-bond acceptors (Lipinski definition) is 4. The number of nitrogens with one attached hydrogen (secondary N) is 2. The van der Waals surface area contributed by atoms with Gasteiger partial charge < -0.3 is 10.4 Å². The number of rotatable bonds is 6. The molecule has 26 heavy (non-hydrogen) atoms. The molecule has 1 unspecified atom stereocenters. The van der Waals surface area contributed by atoms with Gasteiger partial charge in [0.05, 0.1) is 16.8 Å². The van der Waals surface area contributed by atoms with Crippen LogP contribution in [0.25, 0.3) is 0 Å². The van der Waals surface area contributed by atoms with E-state index < -0.39 is 17.9 Å². The van der Waals surface area contributed by atoms with Crippen LogP contribution in [0.4, 0.5) is 0 Å². The van der Waals surface area contributed by atoms with Crippen molar-refractivity contribution in [2.45, 2.75) is 19.9 Å². The summed E-state index contributed by atoms with van der Waals surface area (Å²) in [5.41, 5.74) is 3.44. The molecule has 0 saturated carbocycles. The zero-order chi connectivity index (χ0) is 19.1. The number of amides is 2. The first kappa shape index (κ1) is 19.5. The molecule has 0 saturated heterocycles. The molecule has 6 nitrogen and oxygen atoms in total. The zero-order valence-electron chi connectivity index (χ0n) is 14.4. The molecule has 0 spiro atoms. The molecular weight excluding hydrogens is 354 g/mol. The van der Waals surface area contributed by atoms with Gasteiger partial charge in [0.25, 0.3) is 11.8 Å². The number of nitrogens with zero attached hydrogens (tertiary/aromatic N) is 1. The van der Waals surface area contributed by atoms with Gasteiger partial charge in [-0.25, -0.2) is 5.43 Å². The largest absolute Gasteiger partial charge is 0.508 e. The highest BCUT2D eigenvalue weighted by Crippen LogP contribution is 2.15. The molecule has 0 bridgehead atoms. The van der Waals surface area contributed by atoms with Gasteiger partial charge in [0.2, 0.25) is 0 Å². The van der Waals surface area contributed by atoms with Crippen LogP contribution in [0, 0.1) is 5.92 Å². The molecule has 0 aliphatic heterocycles. The average Bonchev–Trinajstić information content (AvgIpc) is 2.61. The summed E-state index contributed by atoms with van der Waals surface area (Å²) >= 11 is 6.02. The molecule has 0 aliphatic carbocycles. The van der Waals surface area contributed by atoms with Gasteiger partial charge in [0, 0.05) is 0 Å². The van der Waals surface area contributed by atoms with E-state index in [-0.39, 0.29) is 11.7 Å². The van der Waals surface area contributed by atoms with Crippen LogP contribution >= 0.6 is 11.6 Å². The van der Waals surface area contributed by atoms with Crippen LogP contribution < -0.4 is 10.7 Å². The van der Waals surface area contributed by atoms with Crippen molar-refractivity contribution in [3.63, 3.8) is 0 Å². The summed E-state index contributed by atoms with van der Waals surface area (Å²) in [7, 11) is 0. The topological polar surface area (TPSA) is 90.8 Å². The Bertz CT molecular complexity index is 804. The molecule has 7 heteroatoms. The summed E-state index contributed by atoms with van der Waals surface area (Å²) in [6, 6.07) is 12.2. The quantitative estimate of drug-likeness (QED) is 0.537. The number of halogens is 1. The van der Waals surface area contributed by atoms with Crippen LogP contribution in [0.3, 0.4) is 0 Å². The lowest BCUT2D eigenvalue weighted by Gasteiger charge is -2.20. The van der Waals surface area contributed by atoms with Gasteiger partial charge >= 0.3 is 0 Å². The molecule has 1 atom stereocenters. The Balaban J connectivity index is 2.02. The van der Waals surface area contributed by atoms with Gasteiger partial charge in [0.1, 0.15) is 11.8 Å². The van der Waals surface area contributed by atoms with E-state index in [1.54, 1.807) is 36.4 Å². The molecule has 0 heterocycles. The number of hydrazone groups is 1. The SMILES string of the molecule is CC(C)C(NC(=O)c1ccccc1Cl)C(=O)NN=Cc1ccc(O)cc1. The lowest BCUT2D eigenvalue weighted by atomic mass is 10.0. The lowest BCUT2D eigenvalue weighted by Crippen LogP contribution is -2.48. The normalized spacial score (nSPS) is 12.2. The highest BCUT2D eigenvalue weighted by molar-refractivity contribution is 6.33. The molecule has 2 aromatic rings. The van der Waals surface area contributed by atoms with E-state index in [1.165, 1.54) is 18.3 Å². The molecule has 136 valence electrons. The van der Waals surface area contributed by atoms with Crippen LogP contribution in [0.15, 0.2) is 53.6 Å². The van der Waals surface area contributed by atoms with Crippen molar-refractivity contribution in [3.8, 4) is 5.75 Å². The summed E-state index contributed by atoms with van der Waals surface area (Å²) in [6.07, 6.45) is 1.45. The summed E-state index contributed by atoms with van der Waals surface area (Å²) in [5, 5.41) is 16.1. The minimum atomic E-state index is -0.768. The second kappa shape index (κ2) is 9.01. The number of hydrogen-bond donors (Lipinski definition) is 3. The first-order valence-electron chi connectivity index (χ1n) is 8.06. The predicted molar refractivity (Wildman–Crippen MR) is 101 cm³/mol. The molecule has 2 rings (SSSR count). The van der Waals surface area contributed by atoms with Gasteiger partial charge in [-0.3, -0.25) is 9.59 Å². The van der Waals surface area contributed by atoms with Crippen LogP contribution in [0.1, 0.15) is 29.8 Å². The van der Waals surface area contributed by atoms with Gasteiger partial charge in [-0.2, -0.15) is 5.10 Å². The lowest BCUT2D eigenvalue weighted by molar-refractivity contribution is -0.123. The Kier molecular flexibility index (Phi) is 6.74. The van der Waals surface area contributed by atoms with Crippen molar-refractivity contribution in [2.75, 3.05) is 0 Å². The standard InChI is InChI=1S/C19H20ClN3O3/c1-12(2)17(22-18(25)15-5-3-4-6-16(15)20)19(26)23-21-11-13-7-9-14(24)10-8-13/h3-12,17,24H,1-2H3,(H,22,25)(H,23,26). The third-order valence-corrected chi connectivity index (χ3v) is 3.97. The summed E-state index contributed by atoms with van der Waals surface area (Å²) < 4.78 is 0. The second-order valence-electron chi connectivity index (χ2n) is 6.00. The van der Waals surface area contributed by atoms with Gasteiger partial charge in [0.15, 0.2) is 0 Å². The van der Waals surface area contributed by atoms with Crippen molar-refractivity contribution < 1.29 is 14.7 Å². The Hall–Kier alpha value is -2.86. The Labute approximate surface area is 156 Å². The van der Waals surface area contributed by atoms with Crippen LogP contribution in [-0.4, -0.2) is 29.2 Å². The fraction of sp³-hybridized carbons (Fsp3) is 0.211. The zero-order valence-corrected chi connectivity index (χ0v) is 15.2. The van der Waals surface area contributed by atoms with E-state index >= 15 is 0 Å². The van der Waals surface area contributed by atoms with Gasteiger partial charge in [-0.15, -0.1) is 0 Å². The van der Waals surface area contributed by atoms with Gasteiger partial charge in [-0.05, 0) is 47.9 Å². The number of benzene rings is 2. The van der Waals surface area contributed by atoms with Gasteiger partial charge in [-0.1, -0.05) is 37.6 Å². The summed E-state index contributed by atoms with van der Waals surface area (Å²) in [6.45, 7) is 3.64. The number of phenols is 1. The molecule has 0 radical (unpaired) electrons. The van der Waals surface area contributed by atoms with E-state index in [0.717, 1.165) is 0 Å². The van der Waals surface area contributed by atoms with Crippen molar-refractivity contribution >= 4 is 29.6 Å². The van der Waals surface area contributed by atoms with Crippen molar-refractivity contribution in [1.82, 2.24) is 10.7 Å². The molecule has 0 fully saturated rings. The maximum Gasteiger partial charge on any atom is 0.262 e. The highest BCUT2D eigenvalue weighted by atomic mass is 35.5. The molecular formula is C19H20ClN3O3. The van der Waals surface area contributed by atoms with Crippen molar-refractivity contribution in [2.24, 2.45) is 11.0 Å². The minimum Gasteiger partial charge on any atom is -0.508 e. The summed E-state index contributed by atoms with van der Waals surface area (Å²) in [4.78, 5) is 24.7. The van der Waals surface area contributed by atoms with E-state index in [9.17, 15) is 14.7 Å². The number of carbonyl (C=O) groups is 2. The maximum absolute atomic E-state index is 12.4. The average molecular weight is 374 g/mol. The monoisotopic (exact) mass is 373 g/mol. The fourth-order valence-corrected chi connectivity index (χ4v) is 2.42. The number of aromatic hydroxyl groups is 1. The number of carbonyl (C=O) groups excluding carboxylic acids is 2. The third-order valence-electron chi connectivity index (χ3n) is 3.64. The fourth-order valence-electron chi connectivity index (χ4n) is 2.20. The van der Waals surface area contributed by atoms with Crippen LogP contribution in [0.2, 0.25) is 5.02 Å². The van der Waals surface area contributed by atoms with Crippen LogP contribution in [0.5, 0.6) is 5.75 Å².